The van der Waals surface area contributed by atoms with E-state index >= 15 is 0 Å². The zero-order valence-corrected chi connectivity index (χ0v) is 25.8. The van der Waals surface area contributed by atoms with Crippen LogP contribution in [0.5, 0.6) is 17.2 Å². The van der Waals surface area contributed by atoms with Gasteiger partial charge in [0.25, 0.3) is 0 Å². The highest BCUT2D eigenvalue weighted by Gasteiger charge is 2.32. The molecule has 1 heterocycles. The molecule has 0 saturated carbocycles. The number of nitrogens with one attached hydrogen (secondary N) is 3. The molecule has 1 aliphatic rings. The minimum Gasteiger partial charge on any atom is -0.490 e. The van der Waals surface area contributed by atoms with Crippen LogP contribution in [0.2, 0.25) is 0 Å². The fourth-order valence-electron chi connectivity index (χ4n) is 5.08. The van der Waals surface area contributed by atoms with Crippen molar-refractivity contribution < 1.29 is 33.6 Å². The van der Waals surface area contributed by atoms with Gasteiger partial charge in [-0.2, -0.15) is 5.10 Å². The fourth-order valence-corrected chi connectivity index (χ4v) is 5.08. The number of hydrogen-bond acceptors (Lipinski definition) is 9. The van der Waals surface area contributed by atoms with E-state index in [4.69, 9.17) is 18.9 Å². The van der Waals surface area contributed by atoms with E-state index in [1.165, 1.54) is 7.11 Å². The first-order valence-electron chi connectivity index (χ1n) is 14.8. The number of hydrazone groups is 1. The van der Waals surface area contributed by atoms with E-state index in [-0.39, 0.29) is 12.2 Å². The number of methoxy groups -OCH3 is 1. The number of aliphatic hydroxyl groups is 1. The van der Waals surface area contributed by atoms with Crippen molar-refractivity contribution in [1.82, 2.24) is 16.1 Å². The Morgan fingerprint density at radius 1 is 1.00 bits per heavy atom. The topological polar surface area (TPSA) is 140 Å². The van der Waals surface area contributed by atoms with Gasteiger partial charge in [-0.3, -0.25) is 5.43 Å². The smallest absolute Gasteiger partial charge is 0.337 e. The van der Waals surface area contributed by atoms with Crippen LogP contribution in [-0.4, -0.2) is 49.9 Å². The van der Waals surface area contributed by atoms with Crippen LogP contribution >= 0.6 is 0 Å². The van der Waals surface area contributed by atoms with Gasteiger partial charge in [0.1, 0.15) is 19.0 Å². The van der Waals surface area contributed by atoms with E-state index < -0.39 is 24.3 Å². The summed E-state index contributed by atoms with van der Waals surface area (Å²) in [5.41, 5.74) is 5.80. The van der Waals surface area contributed by atoms with Crippen molar-refractivity contribution in [2.75, 3.05) is 20.3 Å². The second-order valence-electron chi connectivity index (χ2n) is 10.4. The normalized spacial score (nSPS) is 15.2. The summed E-state index contributed by atoms with van der Waals surface area (Å²) in [4.78, 5) is 24.6. The molecule has 5 rings (SSSR count). The third kappa shape index (κ3) is 7.74. The minimum atomic E-state index is -1.13. The molecule has 46 heavy (non-hydrogen) atoms. The largest absolute Gasteiger partial charge is 0.490 e. The van der Waals surface area contributed by atoms with Gasteiger partial charge < -0.3 is 34.7 Å². The molecular formula is C35H36N4O7. The van der Waals surface area contributed by atoms with Gasteiger partial charge >= 0.3 is 12.0 Å². The lowest BCUT2D eigenvalue weighted by Crippen LogP contribution is -2.45. The van der Waals surface area contributed by atoms with Crippen molar-refractivity contribution in [3.05, 3.63) is 113 Å². The van der Waals surface area contributed by atoms with Crippen molar-refractivity contribution in [2.45, 2.75) is 32.7 Å². The average Bonchev–Trinajstić information content (AvgIpc) is 3.06. The molecule has 4 N–H and O–H groups in total. The number of allylic oxidation sites excluding steroid dienone is 1. The molecule has 11 heteroatoms. The lowest BCUT2D eigenvalue weighted by Gasteiger charge is -2.28. The number of amides is 2. The van der Waals surface area contributed by atoms with Crippen molar-refractivity contribution in [1.29, 1.82) is 0 Å². The number of esters is 1. The van der Waals surface area contributed by atoms with Crippen LogP contribution in [0.15, 0.2) is 101 Å². The maximum absolute atomic E-state index is 12.5. The maximum Gasteiger partial charge on any atom is 0.337 e. The van der Waals surface area contributed by atoms with Crippen LogP contribution < -0.4 is 30.3 Å². The van der Waals surface area contributed by atoms with Crippen LogP contribution in [0.4, 0.5) is 4.79 Å². The third-order valence-electron chi connectivity index (χ3n) is 7.24. The van der Waals surface area contributed by atoms with Gasteiger partial charge in [-0.25, -0.2) is 9.59 Å². The Kier molecular flexibility index (Phi) is 10.4. The van der Waals surface area contributed by atoms with Crippen molar-refractivity contribution in [3.8, 4) is 17.2 Å². The number of aliphatic hydroxyl groups excluding tert-OH is 1. The molecule has 0 bridgehead atoms. The second kappa shape index (κ2) is 15.0. The molecule has 4 aromatic rings. The lowest BCUT2D eigenvalue weighted by molar-refractivity contribution is -0.136. The quantitative estimate of drug-likeness (QED) is 0.0710. The molecule has 0 aromatic heterocycles. The van der Waals surface area contributed by atoms with Gasteiger partial charge in [-0.05, 0) is 65.6 Å². The summed E-state index contributed by atoms with van der Waals surface area (Å²) in [7, 11) is 1.28. The SMILES string of the molecule is CCOc1cc([C@H]2NC(=O)NC(C)=C2C(=O)OC)ccc1OC[C@@H](O)N/N=C/c1cccc(OCc2cccc3ccccc23)c1. The Morgan fingerprint density at radius 2 is 1.80 bits per heavy atom. The molecule has 0 aliphatic carbocycles. The highest BCUT2D eigenvalue weighted by Crippen LogP contribution is 2.35. The molecule has 11 nitrogen and oxygen atoms in total. The number of benzene rings is 4. The van der Waals surface area contributed by atoms with Gasteiger partial charge in [0.15, 0.2) is 17.7 Å². The van der Waals surface area contributed by atoms with Crippen molar-refractivity contribution in [2.24, 2.45) is 5.10 Å². The number of nitrogens with zero attached hydrogens (tertiary/aromatic N) is 1. The number of fused-ring (bicyclic) bond motifs is 1. The van der Waals surface area contributed by atoms with E-state index in [0.29, 0.717) is 41.7 Å². The van der Waals surface area contributed by atoms with Gasteiger partial charge in [-0.1, -0.05) is 60.7 Å². The van der Waals surface area contributed by atoms with Crippen molar-refractivity contribution >= 4 is 29.0 Å². The van der Waals surface area contributed by atoms with Gasteiger partial charge in [0.05, 0.1) is 31.5 Å². The molecular weight excluding hydrogens is 588 g/mol. The van der Waals surface area contributed by atoms with Crippen molar-refractivity contribution in [3.63, 3.8) is 0 Å². The first-order valence-corrected chi connectivity index (χ1v) is 14.8. The predicted octanol–water partition coefficient (Wildman–Crippen LogP) is 4.94. The van der Waals surface area contributed by atoms with Crippen LogP contribution in [0, 0.1) is 0 Å². The number of urea groups is 1. The van der Waals surface area contributed by atoms with E-state index in [0.717, 1.165) is 21.9 Å². The molecule has 1 aliphatic heterocycles. The number of carbonyl (C=O) groups is 2. The molecule has 0 fully saturated rings. The average molecular weight is 625 g/mol. The number of carbonyl (C=O) groups excluding carboxylic acids is 2. The van der Waals surface area contributed by atoms with Crippen LogP contribution in [0.25, 0.3) is 10.8 Å². The summed E-state index contributed by atoms with van der Waals surface area (Å²) in [5.74, 6) is 0.877. The molecule has 0 spiro atoms. The predicted molar refractivity (Wildman–Crippen MR) is 174 cm³/mol. The molecule has 2 atom stereocenters. The third-order valence-corrected chi connectivity index (χ3v) is 7.24. The molecule has 4 aromatic carbocycles. The Morgan fingerprint density at radius 3 is 2.63 bits per heavy atom. The maximum atomic E-state index is 12.5. The molecule has 0 saturated heterocycles. The van der Waals surface area contributed by atoms with E-state index in [1.807, 2.05) is 49.4 Å². The molecule has 2 amide bonds. The van der Waals surface area contributed by atoms with E-state index in [1.54, 1.807) is 31.3 Å². The minimum absolute atomic E-state index is 0.137. The van der Waals surface area contributed by atoms with Gasteiger partial charge in [0, 0.05) is 5.70 Å². The summed E-state index contributed by atoms with van der Waals surface area (Å²) < 4.78 is 22.6. The number of rotatable bonds is 13. The molecule has 0 radical (unpaired) electrons. The summed E-state index contributed by atoms with van der Waals surface area (Å²) in [6, 6.07) is 25.7. The monoisotopic (exact) mass is 624 g/mol. The zero-order chi connectivity index (χ0) is 32.5. The highest BCUT2D eigenvalue weighted by atomic mass is 16.5. The Balaban J connectivity index is 1.18. The zero-order valence-electron chi connectivity index (χ0n) is 25.8. The first-order chi connectivity index (χ1) is 22.4. The van der Waals surface area contributed by atoms with E-state index in [2.05, 4.69) is 45.4 Å². The number of hydrogen-bond donors (Lipinski definition) is 4. The summed E-state index contributed by atoms with van der Waals surface area (Å²) >= 11 is 0. The van der Waals surface area contributed by atoms with Gasteiger partial charge in [0.2, 0.25) is 0 Å². The molecule has 238 valence electrons. The summed E-state index contributed by atoms with van der Waals surface area (Å²) in [6.45, 7) is 4.08. The Labute approximate surface area is 266 Å². The van der Waals surface area contributed by atoms with E-state index in [9.17, 15) is 14.7 Å². The second-order valence-corrected chi connectivity index (χ2v) is 10.4. The Hall–Kier alpha value is -5.55. The van der Waals surface area contributed by atoms with Crippen LogP contribution in [-0.2, 0) is 16.1 Å². The highest BCUT2D eigenvalue weighted by molar-refractivity contribution is 5.95. The standard InChI is InChI=1S/C35H36N4O7/c1-4-44-30-18-25(33-32(34(41)43-3)22(2)37-35(42)38-33)15-16-29(30)46-21-31(40)39-36-19-23-9-7-13-27(17-23)45-20-26-12-8-11-24-10-5-6-14-28(24)26/h5-19,31,33,39-40H,4,20-21H2,1-3H3,(H2,37,38,42)/b36-19+/t31-,33-/m1/s1. The molecule has 0 unspecified atom stereocenters. The number of ether oxygens (including phenoxy) is 4. The van der Waals surface area contributed by atoms with Crippen LogP contribution in [0.1, 0.15) is 36.6 Å². The summed E-state index contributed by atoms with van der Waals surface area (Å²) in [6.07, 6.45) is 0.451. The van der Waals surface area contributed by atoms with Crippen LogP contribution in [0.3, 0.4) is 0 Å². The Bertz CT molecular complexity index is 1770. The first kappa shape index (κ1) is 31.9. The fraction of sp³-hybridized carbons (Fsp3) is 0.229. The lowest BCUT2D eigenvalue weighted by atomic mass is 9.95. The van der Waals surface area contributed by atoms with Gasteiger partial charge in [-0.15, -0.1) is 0 Å². The summed E-state index contributed by atoms with van der Waals surface area (Å²) in [5, 5.41) is 22.3.